The average molecular weight is 381 g/mol. The number of amides is 1. The third-order valence-corrected chi connectivity index (χ3v) is 5.24. The maximum Gasteiger partial charge on any atom is 0.223 e. The topological polar surface area (TPSA) is 46.3 Å². The van der Waals surface area contributed by atoms with Crippen LogP contribution in [0.3, 0.4) is 0 Å². The first kappa shape index (κ1) is 17.8. The van der Waals surface area contributed by atoms with Gasteiger partial charge < -0.3 is 9.32 Å². The Hall–Kier alpha value is -2.59. The molecular formula is C22H21ClN2O2. The second-order valence-electron chi connectivity index (χ2n) is 6.78. The molecule has 0 spiro atoms. The van der Waals surface area contributed by atoms with E-state index in [1.54, 1.807) is 6.20 Å². The zero-order valence-electron chi connectivity index (χ0n) is 15.0. The van der Waals surface area contributed by atoms with Crippen LogP contribution in [0.1, 0.15) is 36.8 Å². The summed E-state index contributed by atoms with van der Waals surface area (Å²) in [5.41, 5.74) is 2.14. The third-order valence-electron chi connectivity index (χ3n) is 4.99. The number of carbonyl (C=O) groups excluding carboxylic acids is 1. The van der Waals surface area contributed by atoms with Gasteiger partial charge in [0.2, 0.25) is 5.91 Å². The lowest BCUT2D eigenvalue weighted by atomic mass is 10.0. The maximum absolute atomic E-state index is 12.8. The summed E-state index contributed by atoms with van der Waals surface area (Å²) in [7, 11) is 0. The minimum absolute atomic E-state index is 0.160. The molecule has 0 radical (unpaired) electrons. The SMILES string of the molecule is O=C(CCc1ncc(-c2ccc(Cl)cc2)o1)N1CCCC1c1ccccc1. The number of benzene rings is 2. The number of aromatic nitrogens is 1. The molecule has 0 N–H and O–H groups in total. The van der Waals surface area contributed by atoms with Gasteiger partial charge in [0.05, 0.1) is 12.2 Å². The van der Waals surface area contributed by atoms with Crippen molar-refractivity contribution >= 4 is 17.5 Å². The molecule has 0 aliphatic carbocycles. The smallest absolute Gasteiger partial charge is 0.223 e. The lowest BCUT2D eigenvalue weighted by Crippen LogP contribution is -2.30. The van der Waals surface area contributed by atoms with Crippen molar-refractivity contribution in [3.05, 3.63) is 77.3 Å². The van der Waals surface area contributed by atoms with E-state index >= 15 is 0 Å². The molecule has 1 aliphatic rings. The Morgan fingerprint density at radius 3 is 2.70 bits per heavy atom. The quantitative estimate of drug-likeness (QED) is 0.604. The summed E-state index contributed by atoms with van der Waals surface area (Å²) in [4.78, 5) is 19.1. The Balaban J connectivity index is 1.39. The second kappa shape index (κ2) is 7.97. The molecule has 2 heterocycles. The highest BCUT2D eigenvalue weighted by Gasteiger charge is 2.29. The van der Waals surface area contributed by atoms with Gasteiger partial charge in [0.25, 0.3) is 0 Å². The standard InChI is InChI=1S/C22H21ClN2O2/c23-18-10-8-17(9-11-18)20-15-24-21(27-20)12-13-22(26)25-14-4-7-19(25)16-5-2-1-3-6-16/h1-3,5-6,8-11,15,19H,4,7,12-14H2. The highest BCUT2D eigenvalue weighted by atomic mass is 35.5. The summed E-state index contributed by atoms with van der Waals surface area (Å²) in [5.74, 6) is 1.44. The maximum atomic E-state index is 12.8. The van der Waals surface area contributed by atoms with E-state index in [1.807, 2.05) is 47.4 Å². The van der Waals surface area contributed by atoms with Crippen LogP contribution < -0.4 is 0 Å². The van der Waals surface area contributed by atoms with Gasteiger partial charge in [-0.3, -0.25) is 4.79 Å². The minimum atomic E-state index is 0.160. The van der Waals surface area contributed by atoms with Crippen molar-refractivity contribution in [2.75, 3.05) is 6.54 Å². The Bertz CT molecular complexity index is 906. The zero-order valence-corrected chi connectivity index (χ0v) is 15.7. The molecule has 2 aromatic carbocycles. The van der Waals surface area contributed by atoms with Crippen molar-refractivity contribution in [3.63, 3.8) is 0 Å². The fraction of sp³-hybridized carbons (Fsp3) is 0.273. The Morgan fingerprint density at radius 2 is 1.93 bits per heavy atom. The zero-order chi connectivity index (χ0) is 18.6. The molecule has 1 unspecified atom stereocenters. The fourth-order valence-corrected chi connectivity index (χ4v) is 3.74. The highest BCUT2D eigenvalue weighted by molar-refractivity contribution is 6.30. The van der Waals surface area contributed by atoms with E-state index in [1.165, 1.54) is 5.56 Å². The molecule has 5 heteroatoms. The van der Waals surface area contributed by atoms with E-state index in [4.69, 9.17) is 16.0 Å². The number of rotatable bonds is 5. The van der Waals surface area contributed by atoms with Gasteiger partial charge in [-0.1, -0.05) is 41.9 Å². The first-order chi connectivity index (χ1) is 13.2. The lowest BCUT2D eigenvalue weighted by molar-refractivity contribution is -0.132. The molecule has 4 rings (SSSR count). The molecule has 27 heavy (non-hydrogen) atoms. The van der Waals surface area contributed by atoms with Crippen LogP contribution >= 0.6 is 11.6 Å². The van der Waals surface area contributed by atoms with Gasteiger partial charge in [-0.2, -0.15) is 0 Å². The van der Waals surface area contributed by atoms with Crippen LogP contribution in [0.4, 0.5) is 0 Å². The van der Waals surface area contributed by atoms with Gasteiger partial charge in [0, 0.05) is 30.0 Å². The van der Waals surface area contributed by atoms with Crippen LogP contribution in [0, 0.1) is 0 Å². The molecule has 138 valence electrons. The number of oxazole rings is 1. The monoisotopic (exact) mass is 380 g/mol. The molecule has 1 amide bonds. The first-order valence-corrected chi connectivity index (χ1v) is 9.63. The molecule has 1 saturated heterocycles. The number of aryl methyl sites for hydroxylation is 1. The number of hydrogen-bond donors (Lipinski definition) is 0. The molecule has 1 aliphatic heterocycles. The summed E-state index contributed by atoms with van der Waals surface area (Å²) in [6.07, 6.45) is 4.68. The van der Waals surface area contributed by atoms with Crippen molar-refractivity contribution in [2.45, 2.75) is 31.7 Å². The largest absolute Gasteiger partial charge is 0.441 e. The van der Waals surface area contributed by atoms with Gasteiger partial charge in [-0.15, -0.1) is 0 Å². The lowest BCUT2D eigenvalue weighted by Gasteiger charge is -2.25. The van der Waals surface area contributed by atoms with E-state index < -0.39 is 0 Å². The van der Waals surface area contributed by atoms with Crippen LogP contribution in [-0.4, -0.2) is 22.3 Å². The normalized spacial score (nSPS) is 16.6. The molecular weight excluding hydrogens is 360 g/mol. The summed E-state index contributed by atoms with van der Waals surface area (Å²) in [6.45, 7) is 0.819. The number of carbonyl (C=O) groups is 1. The minimum Gasteiger partial charge on any atom is -0.441 e. The van der Waals surface area contributed by atoms with E-state index in [0.717, 1.165) is 24.9 Å². The molecule has 1 aromatic heterocycles. The Kier molecular flexibility index (Phi) is 5.26. The number of nitrogens with zero attached hydrogens (tertiary/aromatic N) is 2. The summed E-state index contributed by atoms with van der Waals surface area (Å²) in [6, 6.07) is 17.9. The van der Waals surface area contributed by atoms with Crippen molar-refractivity contribution in [3.8, 4) is 11.3 Å². The fourth-order valence-electron chi connectivity index (χ4n) is 3.62. The molecule has 1 fully saturated rings. The summed E-state index contributed by atoms with van der Waals surface area (Å²) in [5, 5.41) is 0.683. The highest BCUT2D eigenvalue weighted by Crippen LogP contribution is 2.32. The van der Waals surface area contributed by atoms with Crippen molar-refractivity contribution in [1.82, 2.24) is 9.88 Å². The van der Waals surface area contributed by atoms with Crippen LogP contribution in [0.5, 0.6) is 0 Å². The first-order valence-electron chi connectivity index (χ1n) is 9.26. The molecule has 4 nitrogen and oxygen atoms in total. The van der Waals surface area contributed by atoms with Gasteiger partial charge >= 0.3 is 0 Å². The van der Waals surface area contributed by atoms with Crippen molar-refractivity contribution in [2.24, 2.45) is 0 Å². The van der Waals surface area contributed by atoms with Crippen LogP contribution in [-0.2, 0) is 11.2 Å². The average Bonchev–Trinajstić information content (AvgIpc) is 3.37. The van der Waals surface area contributed by atoms with Gasteiger partial charge in [-0.05, 0) is 42.7 Å². The summed E-state index contributed by atoms with van der Waals surface area (Å²) >= 11 is 5.92. The van der Waals surface area contributed by atoms with Crippen LogP contribution in [0.25, 0.3) is 11.3 Å². The van der Waals surface area contributed by atoms with E-state index in [0.29, 0.717) is 29.5 Å². The number of halogens is 1. The van der Waals surface area contributed by atoms with E-state index in [-0.39, 0.29) is 11.9 Å². The molecule has 3 aromatic rings. The Labute approximate surface area is 163 Å². The van der Waals surface area contributed by atoms with Gasteiger partial charge in [-0.25, -0.2) is 4.98 Å². The van der Waals surface area contributed by atoms with Crippen LogP contribution in [0.2, 0.25) is 5.02 Å². The number of hydrogen-bond acceptors (Lipinski definition) is 3. The van der Waals surface area contributed by atoms with Gasteiger partial charge in [0.1, 0.15) is 0 Å². The predicted octanol–water partition coefficient (Wildman–Crippen LogP) is 5.29. The van der Waals surface area contributed by atoms with Crippen molar-refractivity contribution in [1.29, 1.82) is 0 Å². The van der Waals surface area contributed by atoms with E-state index in [9.17, 15) is 4.79 Å². The van der Waals surface area contributed by atoms with Crippen LogP contribution in [0.15, 0.2) is 65.2 Å². The number of likely N-dealkylation sites (tertiary alicyclic amines) is 1. The molecule has 0 saturated carbocycles. The Morgan fingerprint density at radius 1 is 1.15 bits per heavy atom. The predicted molar refractivity (Wildman–Crippen MR) is 105 cm³/mol. The molecule has 0 bridgehead atoms. The van der Waals surface area contributed by atoms with E-state index in [2.05, 4.69) is 17.1 Å². The second-order valence-corrected chi connectivity index (χ2v) is 7.22. The third kappa shape index (κ3) is 4.06. The van der Waals surface area contributed by atoms with Gasteiger partial charge in [0.15, 0.2) is 11.7 Å². The molecule has 1 atom stereocenters. The summed E-state index contributed by atoms with van der Waals surface area (Å²) < 4.78 is 5.81. The van der Waals surface area contributed by atoms with Crippen molar-refractivity contribution < 1.29 is 9.21 Å².